The fraction of sp³-hybridized carbons (Fsp3) is 0.200. The van der Waals surface area contributed by atoms with E-state index in [0.29, 0.717) is 17.1 Å². The van der Waals surface area contributed by atoms with Crippen molar-refractivity contribution in [1.29, 1.82) is 0 Å². The Bertz CT molecular complexity index is 526. The van der Waals surface area contributed by atoms with Gasteiger partial charge in [-0.05, 0) is 12.3 Å². The summed E-state index contributed by atoms with van der Waals surface area (Å²) in [6, 6.07) is 1.78. The van der Waals surface area contributed by atoms with Gasteiger partial charge in [-0.3, -0.25) is 4.79 Å². The second-order valence-electron chi connectivity index (χ2n) is 3.12. The zero-order valence-corrected chi connectivity index (χ0v) is 9.49. The van der Waals surface area contributed by atoms with E-state index >= 15 is 0 Å². The normalized spacial score (nSPS) is 10.3. The summed E-state index contributed by atoms with van der Waals surface area (Å²) in [4.78, 5) is 26.3. The van der Waals surface area contributed by atoms with Gasteiger partial charge in [0.1, 0.15) is 6.33 Å². The number of aromatic amines is 1. The van der Waals surface area contributed by atoms with Crippen LogP contribution >= 0.6 is 11.8 Å². The van der Waals surface area contributed by atoms with Crippen molar-refractivity contribution in [2.45, 2.75) is 11.6 Å². The van der Waals surface area contributed by atoms with Crippen molar-refractivity contribution in [2.24, 2.45) is 0 Å². The molecule has 0 aromatic carbocycles. The Morgan fingerprint density at radius 2 is 2.31 bits per heavy atom. The Kier molecular flexibility index (Phi) is 3.31. The van der Waals surface area contributed by atoms with Crippen LogP contribution in [0.3, 0.4) is 0 Å². The number of hydrogen-bond acceptors (Lipinski definition) is 5. The van der Waals surface area contributed by atoms with Crippen molar-refractivity contribution in [3.63, 3.8) is 0 Å². The minimum Gasteiger partial charge on any atom is -0.301 e. The number of H-pyrrole nitrogens is 1. The number of nitrogens with zero attached hydrogens (tertiary/aromatic N) is 3. The minimum absolute atomic E-state index is 0.113. The molecule has 0 saturated heterocycles. The molecular formula is C10H10N4OS. The van der Waals surface area contributed by atoms with Crippen LogP contribution in [-0.4, -0.2) is 26.2 Å². The lowest BCUT2D eigenvalue weighted by Gasteiger charge is -2.00. The van der Waals surface area contributed by atoms with E-state index in [-0.39, 0.29) is 5.56 Å². The smallest absolute Gasteiger partial charge is 0.255 e. The van der Waals surface area contributed by atoms with Gasteiger partial charge in [0, 0.05) is 30.1 Å². The second-order valence-corrected chi connectivity index (χ2v) is 3.92. The molecule has 2 rings (SSSR count). The first-order chi connectivity index (χ1) is 7.79. The van der Waals surface area contributed by atoms with Crippen LogP contribution in [0.2, 0.25) is 0 Å². The number of thioether (sulfide) groups is 1. The van der Waals surface area contributed by atoms with Crippen molar-refractivity contribution in [1.82, 2.24) is 19.9 Å². The molecule has 0 aliphatic rings. The van der Waals surface area contributed by atoms with Crippen molar-refractivity contribution >= 4 is 11.8 Å². The van der Waals surface area contributed by atoms with Crippen LogP contribution in [0.1, 0.15) is 11.3 Å². The molecule has 2 aromatic rings. The number of aromatic nitrogens is 4. The van der Waals surface area contributed by atoms with Gasteiger partial charge in [0.2, 0.25) is 0 Å². The first-order valence-electron chi connectivity index (χ1n) is 4.66. The first-order valence-corrected chi connectivity index (χ1v) is 5.89. The van der Waals surface area contributed by atoms with E-state index in [1.54, 1.807) is 18.5 Å². The van der Waals surface area contributed by atoms with Crippen LogP contribution < -0.4 is 5.56 Å². The summed E-state index contributed by atoms with van der Waals surface area (Å²) in [6.07, 6.45) is 7.04. The minimum atomic E-state index is -0.113. The third kappa shape index (κ3) is 2.46. The number of rotatable bonds is 3. The fourth-order valence-electron chi connectivity index (χ4n) is 1.25. The summed E-state index contributed by atoms with van der Waals surface area (Å²) in [5, 5.41) is 0.622. The molecule has 0 spiro atoms. The quantitative estimate of drug-likeness (QED) is 0.630. The molecule has 0 saturated carbocycles. The molecule has 2 heterocycles. The van der Waals surface area contributed by atoms with Crippen molar-refractivity contribution < 1.29 is 0 Å². The predicted octanol–water partition coefficient (Wildman–Crippen LogP) is 0.873. The van der Waals surface area contributed by atoms with Crippen molar-refractivity contribution in [3.8, 4) is 0 Å². The highest BCUT2D eigenvalue weighted by Crippen LogP contribution is 2.06. The Morgan fingerprint density at radius 3 is 2.94 bits per heavy atom. The maximum absolute atomic E-state index is 11.7. The summed E-state index contributed by atoms with van der Waals surface area (Å²) in [6.45, 7) is 0. The van der Waals surface area contributed by atoms with Crippen LogP contribution in [-0.2, 0) is 6.42 Å². The molecule has 0 bridgehead atoms. The first kappa shape index (κ1) is 10.8. The molecule has 0 radical (unpaired) electrons. The van der Waals surface area contributed by atoms with Gasteiger partial charge in [0.15, 0.2) is 5.16 Å². The van der Waals surface area contributed by atoms with E-state index in [9.17, 15) is 4.79 Å². The molecule has 16 heavy (non-hydrogen) atoms. The van der Waals surface area contributed by atoms with Crippen LogP contribution in [0.5, 0.6) is 0 Å². The van der Waals surface area contributed by atoms with Crippen LogP contribution in [0.15, 0.2) is 34.7 Å². The highest BCUT2D eigenvalue weighted by molar-refractivity contribution is 7.98. The topological polar surface area (TPSA) is 71.5 Å². The molecule has 0 aliphatic carbocycles. The number of nitrogens with one attached hydrogen (secondary N) is 1. The van der Waals surface area contributed by atoms with E-state index < -0.39 is 0 Å². The molecule has 0 amide bonds. The Balaban J connectivity index is 2.26. The van der Waals surface area contributed by atoms with E-state index in [4.69, 9.17) is 0 Å². The van der Waals surface area contributed by atoms with Gasteiger partial charge in [-0.25, -0.2) is 15.0 Å². The summed E-state index contributed by atoms with van der Waals surface area (Å²) in [7, 11) is 0. The zero-order chi connectivity index (χ0) is 11.4. The van der Waals surface area contributed by atoms with Crippen molar-refractivity contribution in [3.05, 3.63) is 46.4 Å². The third-order valence-corrected chi connectivity index (χ3v) is 2.65. The average Bonchev–Trinajstić information content (AvgIpc) is 2.33. The number of hydrogen-bond donors (Lipinski definition) is 1. The molecule has 1 N–H and O–H groups in total. The highest BCUT2D eigenvalue weighted by atomic mass is 32.2. The monoisotopic (exact) mass is 234 g/mol. The zero-order valence-electron chi connectivity index (χ0n) is 8.67. The lowest BCUT2D eigenvalue weighted by Crippen LogP contribution is -2.15. The second kappa shape index (κ2) is 4.89. The Labute approximate surface area is 96.4 Å². The van der Waals surface area contributed by atoms with Gasteiger partial charge < -0.3 is 4.98 Å². The molecule has 82 valence electrons. The summed E-state index contributed by atoms with van der Waals surface area (Å²) in [5.74, 6) is 0. The molecule has 0 fully saturated rings. The van der Waals surface area contributed by atoms with Gasteiger partial charge in [-0.1, -0.05) is 11.8 Å². The average molecular weight is 234 g/mol. The third-order valence-electron chi connectivity index (χ3n) is 2.06. The van der Waals surface area contributed by atoms with Crippen molar-refractivity contribution in [2.75, 3.05) is 6.26 Å². The van der Waals surface area contributed by atoms with Gasteiger partial charge in [-0.2, -0.15) is 0 Å². The molecular weight excluding hydrogens is 224 g/mol. The summed E-state index contributed by atoms with van der Waals surface area (Å²) >= 11 is 1.41. The van der Waals surface area contributed by atoms with Crippen LogP contribution in [0.25, 0.3) is 0 Å². The highest BCUT2D eigenvalue weighted by Gasteiger charge is 2.03. The standard InChI is InChI=1S/C10H10N4OS/c1-16-10-12-5-7(9(15)14-10)4-8-2-3-11-6-13-8/h2-3,5-6H,4H2,1H3,(H,12,14,15). The van der Waals surface area contributed by atoms with E-state index in [1.807, 2.05) is 6.26 Å². The van der Waals surface area contributed by atoms with E-state index in [0.717, 1.165) is 5.69 Å². The van der Waals surface area contributed by atoms with Gasteiger partial charge in [-0.15, -0.1) is 0 Å². The van der Waals surface area contributed by atoms with Gasteiger partial charge in [0.25, 0.3) is 5.56 Å². The predicted molar refractivity (Wildman–Crippen MR) is 61.5 cm³/mol. The largest absolute Gasteiger partial charge is 0.301 e. The lowest BCUT2D eigenvalue weighted by atomic mass is 10.2. The SMILES string of the molecule is CSc1ncc(Cc2ccncn2)c(=O)[nH]1. The molecule has 0 aliphatic heterocycles. The molecule has 2 aromatic heterocycles. The Hall–Kier alpha value is -1.69. The fourth-order valence-corrected chi connectivity index (χ4v) is 1.61. The molecule has 0 atom stereocenters. The van der Waals surface area contributed by atoms with Gasteiger partial charge in [0.05, 0.1) is 0 Å². The molecule has 5 nitrogen and oxygen atoms in total. The van der Waals surface area contributed by atoms with Crippen LogP contribution in [0, 0.1) is 0 Å². The summed E-state index contributed by atoms with van der Waals surface area (Å²) < 4.78 is 0. The van der Waals surface area contributed by atoms with Gasteiger partial charge >= 0.3 is 0 Å². The van der Waals surface area contributed by atoms with E-state index in [1.165, 1.54) is 18.1 Å². The maximum Gasteiger partial charge on any atom is 0.255 e. The summed E-state index contributed by atoms with van der Waals surface area (Å²) in [5.41, 5.74) is 1.30. The Morgan fingerprint density at radius 1 is 1.44 bits per heavy atom. The molecule has 0 unspecified atom stereocenters. The molecule has 6 heteroatoms. The van der Waals surface area contributed by atoms with E-state index in [2.05, 4.69) is 19.9 Å². The lowest BCUT2D eigenvalue weighted by molar-refractivity contribution is 0.890. The maximum atomic E-state index is 11.7. The van der Waals surface area contributed by atoms with Crippen LogP contribution in [0.4, 0.5) is 0 Å².